The lowest BCUT2D eigenvalue weighted by atomic mass is 10.0. The summed E-state index contributed by atoms with van der Waals surface area (Å²) in [5.74, 6) is 0. The van der Waals surface area contributed by atoms with Crippen molar-refractivity contribution in [3.05, 3.63) is 102 Å². The van der Waals surface area contributed by atoms with Crippen molar-refractivity contribution in [2.24, 2.45) is 0 Å². The predicted molar refractivity (Wildman–Crippen MR) is 123 cm³/mol. The Morgan fingerprint density at radius 2 is 0.786 bits per heavy atom. The van der Waals surface area contributed by atoms with Gasteiger partial charge in [-0.2, -0.15) is 0 Å². The van der Waals surface area contributed by atoms with Crippen LogP contribution in [0.15, 0.2) is 102 Å². The van der Waals surface area contributed by atoms with Crippen molar-refractivity contribution < 1.29 is 0 Å². The van der Waals surface area contributed by atoms with Crippen molar-refractivity contribution in [3.63, 3.8) is 0 Å². The van der Waals surface area contributed by atoms with Gasteiger partial charge in [-0.25, -0.2) is 0 Å². The van der Waals surface area contributed by atoms with Gasteiger partial charge in [-0.05, 0) is 38.8 Å². The number of benzene rings is 5. The van der Waals surface area contributed by atoms with Crippen LogP contribution in [-0.2, 0) is 0 Å². The van der Waals surface area contributed by atoms with Gasteiger partial charge >= 0.3 is 0 Å². The molecule has 0 N–H and O–H groups in total. The van der Waals surface area contributed by atoms with Gasteiger partial charge in [0.05, 0.1) is 16.7 Å². The normalized spacial score (nSPS) is 11.8. The fourth-order valence-corrected chi connectivity index (χ4v) is 5.15. The van der Waals surface area contributed by atoms with Crippen LogP contribution in [-0.4, -0.2) is 4.57 Å². The van der Waals surface area contributed by atoms with E-state index < -0.39 is 0 Å². The number of rotatable bonds is 1. The Morgan fingerprint density at radius 1 is 0.429 bits per heavy atom. The highest BCUT2D eigenvalue weighted by molar-refractivity contribution is 9.10. The summed E-state index contributed by atoms with van der Waals surface area (Å²) in [5, 5.41) is 7.54. The second kappa shape index (κ2) is 5.95. The van der Waals surface area contributed by atoms with Crippen molar-refractivity contribution in [2.75, 3.05) is 0 Å². The Kier molecular flexibility index (Phi) is 3.38. The average molecular weight is 422 g/mol. The molecule has 0 unspecified atom stereocenters. The molecular formula is C26H16BrN. The molecule has 0 fully saturated rings. The van der Waals surface area contributed by atoms with Crippen molar-refractivity contribution >= 4 is 59.3 Å². The highest BCUT2D eigenvalue weighted by Gasteiger charge is 2.18. The second-order valence-corrected chi connectivity index (χ2v) is 7.92. The Balaban J connectivity index is 1.95. The molecule has 1 aromatic heterocycles. The minimum Gasteiger partial charge on any atom is -0.308 e. The van der Waals surface area contributed by atoms with Gasteiger partial charge in [0, 0.05) is 26.0 Å². The number of halogens is 1. The summed E-state index contributed by atoms with van der Waals surface area (Å²) in [4.78, 5) is 0. The summed E-state index contributed by atoms with van der Waals surface area (Å²) < 4.78 is 3.59. The minimum absolute atomic E-state index is 1.16. The summed E-state index contributed by atoms with van der Waals surface area (Å²) in [6.07, 6.45) is 0. The number of para-hydroxylation sites is 2. The van der Waals surface area contributed by atoms with Gasteiger partial charge < -0.3 is 4.57 Å². The third-order valence-corrected chi connectivity index (χ3v) is 6.50. The number of hydrogen-bond acceptors (Lipinski definition) is 0. The molecule has 0 saturated carbocycles. The number of aromatic nitrogens is 1. The maximum absolute atomic E-state index is 3.87. The van der Waals surface area contributed by atoms with Crippen LogP contribution in [0.3, 0.4) is 0 Å². The highest BCUT2D eigenvalue weighted by Crippen LogP contribution is 2.41. The van der Waals surface area contributed by atoms with E-state index in [1.54, 1.807) is 0 Å². The Hall–Kier alpha value is -3.10. The highest BCUT2D eigenvalue weighted by atomic mass is 79.9. The molecule has 0 bridgehead atoms. The SMILES string of the molecule is Brc1c2ccccc2c(-n2c3ccccc3c3ccccc32)c2ccccc12. The maximum Gasteiger partial charge on any atom is 0.0619 e. The van der Waals surface area contributed by atoms with Crippen LogP contribution in [0.1, 0.15) is 0 Å². The molecule has 0 saturated heterocycles. The van der Waals surface area contributed by atoms with Gasteiger partial charge in [-0.3, -0.25) is 0 Å². The van der Waals surface area contributed by atoms with E-state index in [2.05, 4.69) is 118 Å². The van der Waals surface area contributed by atoms with E-state index >= 15 is 0 Å². The summed E-state index contributed by atoms with van der Waals surface area (Å²) in [6, 6.07) is 34.7. The molecule has 0 amide bonds. The fourth-order valence-electron chi connectivity index (χ4n) is 4.46. The van der Waals surface area contributed by atoms with Gasteiger partial charge in [0.15, 0.2) is 0 Å². The molecule has 6 rings (SSSR count). The first kappa shape index (κ1) is 15.9. The smallest absolute Gasteiger partial charge is 0.0619 e. The number of nitrogens with zero attached hydrogens (tertiary/aromatic N) is 1. The molecular weight excluding hydrogens is 406 g/mol. The second-order valence-electron chi connectivity index (χ2n) is 7.12. The summed E-state index contributed by atoms with van der Waals surface area (Å²) in [5.41, 5.74) is 3.72. The largest absolute Gasteiger partial charge is 0.308 e. The van der Waals surface area contributed by atoms with E-state index in [0.717, 1.165) is 4.47 Å². The van der Waals surface area contributed by atoms with Crippen LogP contribution in [0.25, 0.3) is 49.0 Å². The van der Waals surface area contributed by atoms with E-state index in [0.29, 0.717) is 0 Å². The zero-order chi connectivity index (χ0) is 18.7. The van der Waals surface area contributed by atoms with Gasteiger partial charge in [-0.1, -0.05) is 84.9 Å². The zero-order valence-corrected chi connectivity index (χ0v) is 16.6. The van der Waals surface area contributed by atoms with E-state index in [4.69, 9.17) is 0 Å². The van der Waals surface area contributed by atoms with E-state index in [1.165, 1.54) is 49.0 Å². The maximum atomic E-state index is 3.87. The van der Waals surface area contributed by atoms with Gasteiger partial charge in [0.25, 0.3) is 0 Å². The first-order chi connectivity index (χ1) is 13.8. The van der Waals surface area contributed by atoms with Crippen molar-refractivity contribution in [1.82, 2.24) is 4.57 Å². The Bertz CT molecular complexity index is 1410. The Morgan fingerprint density at radius 3 is 1.25 bits per heavy atom. The van der Waals surface area contributed by atoms with Gasteiger partial charge in [0.1, 0.15) is 0 Å². The van der Waals surface area contributed by atoms with E-state index in [-0.39, 0.29) is 0 Å². The third-order valence-electron chi connectivity index (χ3n) is 5.64. The van der Waals surface area contributed by atoms with Crippen molar-refractivity contribution in [2.45, 2.75) is 0 Å². The summed E-state index contributed by atoms with van der Waals surface area (Å²) >= 11 is 3.87. The number of fused-ring (bicyclic) bond motifs is 5. The van der Waals surface area contributed by atoms with Crippen molar-refractivity contribution in [1.29, 1.82) is 0 Å². The van der Waals surface area contributed by atoms with Crippen LogP contribution in [0.4, 0.5) is 0 Å². The van der Waals surface area contributed by atoms with Crippen LogP contribution >= 0.6 is 15.9 Å². The fraction of sp³-hybridized carbons (Fsp3) is 0. The first-order valence-electron chi connectivity index (χ1n) is 9.42. The molecule has 0 atom stereocenters. The van der Waals surface area contributed by atoms with Crippen LogP contribution in [0, 0.1) is 0 Å². The molecule has 0 spiro atoms. The minimum atomic E-state index is 1.16. The standard InChI is InChI=1S/C26H16BrN/c27-25-19-11-1-3-13-21(19)26(22-14-4-2-12-20(22)25)28-23-15-7-5-9-17(23)18-10-6-8-16-24(18)28/h1-16H. The molecule has 0 radical (unpaired) electrons. The van der Waals surface area contributed by atoms with Gasteiger partial charge in [-0.15, -0.1) is 0 Å². The van der Waals surface area contributed by atoms with E-state index in [9.17, 15) is 0 Å². The molecule has 132 valence electrons. The Labute approximate surface area is 171 Å². The molecule has 0 aliphatic rings. The molecule has 5 aromatic carbocycles. The van der Waals surface area contributed by atoms with Crippen LogP contribution in [0.5, 0.6) is 0 Å². The molecule has 28 heavy (non-hydrogen) atoms. The predicted octanol–water partition coefficient (Wildman–Crippen LogP) is 7.85. The van der Waals surface area contributed by atoms with Crippen molar-refractivity contribution in [3.8, 4) is 5.69 Å². The lowest BCUT2D eigenvalue weighted by Gasteiger charge is -2.17. The quantitative estimate of drug-likeness (QED) is 0.238. The molecule has 6 aromatic rings. The molecule has 1 heterocycles. The monoisotopic (exact) mass is 421 g/mol. The summed E-state index contributed by atoms with van der Waals surface area (Å²) in [6.45, 7) is 0. The zero-order valence-electron chi connectivity index (χ0n) is 15.1. The lowest BCUT2D eigenvalue weighted by Crippen LogP contribution is -1.97. The first-order valence-corrected chi connectivity index (χ1v) is 10.2. The average Bonchev–Trinajstić information content (AvgIpc) is 3.09. The molecule has 0 aliphatic carbocycles. The van der Waals surface area contributed by atoms with Crippen LogP contribution < -0.4 is 0 Å². The lowest BCUT2D eigenvalue weighted by molar-refractivity contribution is 1.21. The summed E-state index contributed by atoms with van der Waals surface area (Å²) in [7, 11) is 0. The molecule has 1 nitrogen and oxygen atoms in total. The topological polar surface area (TPSA) is 4.93 Å². The molecule has 0 aliphatic heterocycles. The van der Waals surface area contributed by atoms with E-state index in [1.807, 2.05) is 0 Å². The van der Waals surface area contributed by atoms with Crippen LogP contribution in [0.2, 0.25) is 0 Å². The van der Waals surface area contributed by atoms with Gasteiger partial charge in [0.2, 0.25) is 0 Å². The third kappa shape index (κ3) is 2.07. The molecule has 2 heteroatoms. The number of hydrogen-bond donors (Lipinski definition) is 0.